The average molecular weight is 300 g/mol. The molecular weight excluding hydrogens is 276 g/mol. The second kappa shape index (κ2) is 6.24. The number of likely N-dealkylation sites (tertiary alicyclic amines) is 1. The van der Waals surface area contributed by atoms with Crippen molar-refractivity contribution in [3.8, 4) is 0 Å². The summed E-state index contributed by atoms with van der Waals surface area (Å²) < 4.78 is 26.7. The first-order valence-electron chi connectivity index (χ1n) is 7.00. The Labute approximate surface area is 121 Å². The molecule has 2 rings (SSSR count). The van der Waals surface area contributed by atoms with E-state index in [-0.39, 0.29) is 6.04 Å². The van der Waals surface area contributed by atoms with Crippen molar-refractivity contribution in [2.75, 3.05) is 32.9 Å². The van der Waals surface area contributed by atoms with Gasteiger partial charge in [0.15, 0.2) is 0 Å². The fraction of sp³-hybridized carbons (Fsp3) is 0.769. The standard InChI is InChI=1S/C13H24N4O2S/c1-12-9-14-17(10-12)8-7-16-6-4-5-13(11-16)15(2)20(3,18)19/h9-10,13H,4-8,11H2,1-3H3. The zero-order chi connectivity index (χ0) is 14.8. The number of piperidine rings is 1. The Kier molecular flexibility index (Phi) is 4.82. The summed E-state index contributed by atoms with van der Waals surface area (Å²) in [5.74, 6) is 0. The maximum absolute atomic E-state index is 11.6. The van der Waals surface area contributed by atoms with Crippen LogP contribution in [0.15, 0.2) is 12.4 Å². The van der Waals surface area contributed by atoms with Gasteiger partial charge in [-0.3, -0.25) is 9.58 Å². The van der Waals surface area contributed by atoms with Gasteiger partial charge in [-0.05, 0) is 31.9 Å². The monoisotopic (exact) mass is 300 g/mol. The number of likely N-dealkylation sites (N-methyl/N-ethyl adjacent to an activating group) is 1. The molecule has 7 heteroatoms. The number of nitrogens with zero attached hydrogens (tertiary/aromatic N) is 4. The van der Waals surface area contributed by atoms with Crippen molar-refractivity contribution >= 4 is 10.0 Å². The Hall–Kier alpha value is -0.920. The molecule has 1 aliphatic rings. The van der Waals surface area contributed by atoms with Crippen molar-refractivity contribution in [1.29, 1.82) is 0 Å². The van der Waals surface area contributed by atoms with E-state index in [0.29, 0.717) is 0 Å². The van der Waals surface area contributed by atoms with E-state index in [1.807, 2.05) is 24.0 Å². The summed E-state index contributed by atoms with van der Waals surface area (Å²) in [5, 5.41) is 4.28. The average Bonchev–Trinajstić information content (AvgIpc) is 2.80. The van der Waals surface area contributed by atoms with Gasteiger partial charge in [0.25, 0.3) is 0 Å². The van der Waals surface area contributed by atoms with Crippen LogP contribution >= 0.6 is 0 Å². The van der Waals surface area contributed by atoms with Crippen LogP contribution in [-0.2, 0) is 16.6 Å². The van der Waals surface area contributed by atoms with E-state index in [9.17, 15) is 8.42 Å². The van der Waals surface area contributed by atoms with Gasteiger partial charge in [-0.2, -0.15) is 5.10 Å². The number of hydrogen-bond acceptors (Lipinski definition) is 4. The number of rotatable bonds is 5. The van der Waals surface area contributed by atoms with E-state index in [1.54, 1.807) is 7.05 Å². The number of sulfonamides is 1. The van der Waals surface area contributed by atoms with Crippen LogP contribution in [0.3, 0.4) is 0 Å². The van der Waals surface area contributed by atoms with Crippen LogP contribution in [0.1, 0.15) is 18.4 Å². The van der Waals surface area contributed by atoms with Gasteiger partial charge in [-0.15, -0.1) is 0 Å². The molecule has 0 saturated carbocycles. The molecule has 20 heavy (non-hydrogen) atoms. The van der Waals surface area contributed by atoms with E-state index in [0.717, 1.165) is 39.0 Å². The van der Waals surface area contributed by atoms with E-state index < -0.39 is 10.0 Å². The zero-order valence-corrected chi connectivity index (χ0v) is 13.3. The second-order valence-corrected chi connectivity index (χ2v) is 7.70. The maximum atomic E-state index is 11.6. The van der Waals surface area contributed by atoms with Gasteiger partial charge in [-0.25, -0.2) is 12.7 Å². The Balaban J connectivity index is 1.87. The van der Waals surface area contributed by atoms with Crippen LogP contribution in [0.5, 0.6) is 0 Å². The summed E-state index contributed by atoms with van der Waals surface area (Å²) in [6.07, 6.45) is 7.16. The first-order chi connectivity index (χ1) is 9.36. The first-order valence-corrected chi connectivity index (χ1v) is 8.85. The van der Waals surface area contributed by atoms with Gasteiger partial charge in [0.05, 0.1) is 19.0 Å². The van der Waals surface area contributed by atoms with Gasteiger partial charge >= 0.3 is 0 Å². The number of aromatic nitrogens is 2. The Bertz CT molecular complexity index is 540. The van der Waals surface area contributed by atoms with Gasteiger partial charge in [0.1, 0.15) is 0 Å². The fourth-order valence-electron chi connectivity index (χ4n) is 2.63. The largest absolute Gasteiger partial charge is 0.300 e. The summed E-state index contributed by atoms with van der Waals surface area (Å²) >= 11 is 0. The summed E-state index contributed by atoms with van der Waals surface area (Å²) in [5.41, 5.74) is 1.17. The van der Waals surface area contributed by atoms with Gasteiger partial charge < -0.3 is 0 Å². The minimum absolute atomic E-state index is 0.0955. The molecule has 0 amide bonds. The van der Waals surface area contributed by atoms with Crippen LogP contribution in [-0.4, -0.2) is 66.4 Å². The van der Waals surface area contributed by atoms with E-state index in [2.05, 4.69) is 10.00 Å². The highest BCUT2D eigenvalue weighted by molar-refractivity contribution is 7.88. The topological polar surface area (TPSA) is 58.4 Å². The lowest BCUT2D eigenvalue weighted by Gasteiger charge is -2.36. The first kappa shape index (κ1) is 15.5. The zero-order valence-electron chi connectivity index (χ0n) is 12.5. The molecule has 6 nitrogen and oxygen atoms in total. The predicted octanol–water partition coefficient (Wildman–Crippen LogP) is 0.547. The van der Waals surface area contributed by atoms with E-state index in [1.165, 1.54) is 16.1 Å². The van der Waals surface area contributed by atoms with Crippen molar-refractivity contribution in [3.05, 3.63) is 18.0 Å². The molecule has 1 atom stereocenters. The second-order valence-electron chi connectivity index (χ2n) is 5.66. The molecule has 0 bridgehead atoms. The summed E-state index contributed by atoms with van der Waals surface area (Å²) in [6.45, 7) is 5.64. The van der Waals surface area contributed by atoms with Crippen LogP contribution in [0.4, 0.5) is 0 Å². The molecule has 0 spiro atoms. The van der Waals surface area contributed by atoms with Crippen molar-refractivity contribution in [3.63, 3.8) is 0 Å². The Morgan fingerprint density at radius 2 is 2.20 bits per heavy atom. The molecule has 0 aromatic carbocycles. The summed E-state index contributed by atoms with van der Waals surface area (Å²) in [6, 6.07) is 0.0955. The minimum atomic E-state index is -3.10. The molecule has 1 unspecified atom stereocenters. The Morgan fingerprint density at radius 3 is 2.80 bits per heavy atom. The molecular formula is C13H24N4O2S. The highest BCUT2D eigenvalue weighted by Crippen LogP contribution is 2.16. The quantitative estimate of drug-likeness (QED) is 0.797. The maximum Gasteiger partial charge on any atom is 0.211 e. The minimum Gasteiger partial charge on any atom is -0.300 e. The normalized spacial score (nSPS) is 21.5. The SMILES string of the molecule is Cc1cnn(CCN2CCCC(N(C)S(C)(=O)=O)C2)c1. The van der Waals surface area contributed by atoms with Crippen molar-refractivity contribution in [1.82, 2.24) is 19.0 Å². The lowest BCUT2D eigenvalue weighted by atomic mass is 10.1. The molecule has 1 saturated heterocycles. The molecule has 114 valence electrons. The molecule has 1 aromatic heterocycles. The lowest BCUT2D eigenvalue weighted by Crippen LogP contribution is -2.48. The molecule has 0 radical (unpaired) electrons. The number of aryl methyl sites for hydroxylation is 1. The van der Waals surface area contributed by atoms with Crippen LogP contribution in [0.25, 0.3) is 0 Å². The summed E-state index contributed by atoms with van der Waals surface area (Å²) in [4.78, 5) is 2.33. The molecule has 0 N–H and O–H groups in total. The van der Waals surface area contributed by atoms with E-state index in [4.69, 9.17) is 0 Å². The smallest absolute Gasteiger partial charge is 0.211 e. The summed E-state index contributed by atoms with van der Waals surface area (Å²) in [7, 11) is -1.42. The van der Waals surface area contributed by atoms with Crippen LogP contribution in [0, 0.1) is 6.92 Å². The fourth-order valence-corrected chi connectivity index (χ4v) is 3.35. The molecule has 0 aliphatic carbocycles. The van der Waals surface area contributed by atoms with Crippen molar-refractivity contribution in [2.45, 2.75) is 32.4 Å². The molecule has 1 aromatic rings. The lowest BCUT2D eigenvalue weighted by molar-refractivity contribution is 0.154. The molecule has 1 aliphatic heterocycles. The third kappa shape index (κ3) is 4.04. The third-order valence-corrected chi connectivity index (χ3v) is 5.27. The van der Waals surface area contributed by atoms with Crippen molar-refractivity contribution in [2.24, 2.45) is 0 Å². The highest BCUT2D eigenvalue weighted by atomic mass is 32.2. The number of hydrogen-bond donors (Lipinski definition) is 0. The van der Waals surface area contributed by atoms with E-state index >= 15 is 0 Å². The Morgan fingerprint density at radius 1 is 1.45 bits per heavy atom. The van der Waals surface area contributed by atoms with Gasteiger partial charge in [-0.1, -0.05) is 0 Å². The van der Waals surface area contributed by atoms with Gasteiger partial charge in [0.2, 0.25) is 10.0 Å². The molecule has 2 heterocycles. The highest BCUT2D eigenvalue weighted by Gasteiger charge is 2.27. The molecule has 1 fully saturated rings. The van der Waals surface area contributed by atoms with Crippen LogP contribution in [0.2, 0.25) is 0 Å². The van der Waals surface area contributed by atoms with Crippen molar-refractivity contribution < 1.29 is 8.42 Å². The third-order valence-electron chi connectivity index (χ3n) is 3.93. The van der Waals surface area contributed by atoms with Crippen LogP contribution < -0.4 is 0 Å². The van der Waals surface area contributed by atoms with Gasteiger partial charge in [0, 0.05) is 32.4 Å². The predicted molar refractivity (Wildman–Crippen MR) is 79.0 cm³/mol.